The summed E-state index contributed by atoms with van der Waals surface area (Å²) in [4.78, 5) is 14.3. The number of benzene rings is 2. The quantitative estimate of drug-likeness (QED) is 0.716. The number of hydrogen-bond acceptors (Lipinski definition) is 3. The van der Waals surface area contributed by atoms with E-state index < -0.39 is 0 Å². The second kappa shape index (κ2) is 6.93. The molecule has 1 heterocycles. The van der Waals surface area contributed by atoms with Crippen molar-refractivity contribution in [3.05, 3.63) is 58.6 Å². The van der Waals surface area contributed by atoms with Crippen LogP contribution in [0.25, 0.3) is 0 Å². The van der Waals surface area contributed by atoms with E-state index in [1.54, 1.807) is 31.0 Å². The minimum absolute atomic E-state index is 0.0361. The zero-order chi connectivity index (χ0) is 18.2. The number of hydrogen-bond donors (Lipinski definition) is 0. The molecule has 2 aromatic carbocycles. The fraction of sp³-hybridized carbons (Fsp3) is 0.350. The first kappa shape index (κ1) is 18.2. The smallest absolute Gasteiger partial charge is 0.238 e. The molecular formula is C20H22ClNO2S. The molecule has 1 amide bonds. The van der Waals surface area contributed by atoms with Crippen LogP contribution in [-0.4, -0.2) is 18.8 Å². The van der Waals surface area contributed by atoms with Crippen molar-refractivity contribution in [2.24, 2.45) is 0 Å². The molecule has 1 aliphatic heterocycles. The van der Waals surface area contributed by atoms with E-state index in [0.717, 1.165) is 11.3 Å². The summed E-state index contributed by atoms with van der Waals surface area (Å²) in [5.74, 6) is 1.17. The molecule has 2 aromatic rings. The number of methoxy groups -OCH3 is 1. The van der Waals surface area contributed by atoms with Crippen LogP contribution in [0.2, 0.25) is 5.02 Å². The summed E-state index contributed by atoms with van der Waals surface area (Å²) in [5, 5.41) is 0.470. The largest absolute Gasteiger partial charge is 0.495 e. The van der Waals surface area contributed by atoms with Crippen LogP contribution in [-0.2, 0) is 10.2 Å². The maximum absolute atomic E-state index is 12.5. The number of ether oxygens (including phenoxy) is 1. The summed E-state index contributed by atoms with van der Waals surface area (Å²) in [7, 11) is 1.58. The highest BCUT2D eigenvalue weighted by atomic mass is 35.5. The summed E-state index contributed by atoms with van der Waals surface area (Å²) in [5.41, 5.74) is 3.31. The predicted molar refractivity (Wildman–Crippen MR) is 106 cm³/mol. The minimum Gasteiger partial charge on any atom is -0.495 e. The maximum atomic E-state index is 12.5. The van der Waals surface area contributed by atoms with Crippen LogP contribution in [0.5, 0.6) is 5.75 Å². The van der Waals surface area contributed by atoms with Crippen molar-refractivity contribution in [1.29, 1.82) is 0 Å². The Labute approximate surface area is 158 Å². The molecule has 1 fully saturated rings. The Hall–Kier alpha value is -1.65. The van der Waals surface area contributed by atoms with Crippen LogP contribution in [0.3, 0.4) is 0 Å². The third-order valence-corrected chi connectivity index (χ3v) is 5.85. The van der Waals surface area contributed by atoms with Crippen LogP contribution in [0, 0.1) is 0 Å². The van der Waals surface area contributed by atoms with Gasteiger partial charge in [0.05, 0.1) is 17.9 Å². The molecule has 1 aliphatic rings. The molecular weight excluding hydrogens is 354 g/mol. The SMILES string of the molecule is COc1ccc(N2C(=O)CSC2c2ccc(C(C)(C)C)cc2)cc1Cl. The summed E-state index contributed by atoms with van der Waals surface area (Å²) in [6, 6.07) is 14.0. The van der Waals surface area contributed by atoms with Gasteiger partial charge in [0.1, 0.15) is 11.1 Å². The third kappa shape index (κ3) is 3.65. The van der Waals surface area contributed by atoms with Crippen molar-refractivity contribution in [3.63, 3.8) is 0 Å². The van der Waals surface area contributed by atoms with Crippen LogP contribution >= 0.6 is 23.4 Å². The van der Waals surface area contributed by atoms with Crippen molar-refractivity contribution in [2.45, 2.75) is 31.6 Å². The fourth-order valence-corrected chi connectivity index (χ4v) is 4.33. The number of rotatable bonds is 3. The van der Waals surface area contributed by atoms with Crippen molar-refractivity contribution in [3.8, 4) is 5.75 Å². The van der Waals surface area contributed by atoms with E-state index in [4.69, 9.17) is 16.3 Å². The molecule has 0 N–H and O–H groups in total. The number of thioether (sulfide) groups is 1. The first-order chi connectivity index (χ1) is 11.8. The fourth-order valence-electron chi connectivity index (χ4n) is 2.90. The number of halogens is 1. The Kier molecular flexibility index (Phi) is 5.03. The van der Waals surface area contributed by atoms with E-state index >= 15 is 0 Å². The summed E-state index contributed by atoms with van der Waals surface area (Å²) < 4.78 is 5.21. The van der Waals surface area contributed by atoms with E-state index in [0.29, 0.717) is 16.5 Å². The van der Waals surface area contributed by atoms with Crippen molar-refractivity contribution >= 4 is 35.0 Å². The van der Waals surface area contributed by atoms with Gasteiger partial charge in [0.25, 0.3) is 0 Å². The highest BCUT2D eigenvalue weighted by Crippen LogP contribution is 2.43. The van der Waals surface area contributed by atoms with Crippen molar-refractivity contribution in [1.82, 2.24) is 0 Å². The molecule has 0 radical (unpaired) electrons. The lowest BCUT2D eigenvalue weighted by atomic mass is 9.86. The highest BCUT2D eigenvalue weighted by molar-refractivity contribution is 8.00. The first-order valence-electron chi connectivity index (χ1n) is 8.19. The normalized spacial score (nSPS) is 17.9. The molecule has 25 heavy (non-hydrogen) atoms. The lowest BCUT2D eigenvalue weighted by Crippen LogP contribution is -2.27. The van der Waals surface area contributed by atoms with E-state index in [9.17, 15) is 4.79 Å². The number of carbonyl (C=O) groups excluding carboxylic acids is 1. The molecule has 0 spiro atoms. The van der Waals surface area contributed by atoms with E-state index in [-0.39, 0.29) is 16.7 Å². The number of amides is 1. The average molecular weight is 376 g/mol. The van der Waals surface area contributed by atoms with Crippen molar-refractivity contribution in [2.75, 3.05) is 17.8 Å². The second-order valence-electron chi connectivity index (χ2n) is 7.12. The van der Waals surface area contributed by atoms with Crippen molar-refractivity contribution < 1.29 is 9.53 Å². The van der Waals surface area contributed by atoms with Gasteiger partial charge in [-0.15, -0.1) is 11.8 Å². The maximum Gasteiger partial charge on any atom is 0.238 e. The Balaban J connectivity index is 1.93. The zero-order valence-electron chi connectivity index (χ0n) is 14.9. The Morgan fingerprint density at radius 2 is 1.84 bits per heavy atom. The molecule has 0 bridgehead atoms. The molecule has 3 rings (SSSR count). The summed E-state index contributed by atoms with van der Waals surface area (Å²) in [6.45, 7) is 6.59. The Morgan fingerprint density at radius 1 is 1.16 bits per heavy atom. The molecule has 3 nitrogen and oxygen atoms in total. The van der Waals surface area contributed by atoms with Gasteiger partial charge in [0.2, 0.25) is 5.91 Å². The average Bonchev–Trinajstić information content (AvgIpc) is 2.95. The van der Waals surface area contributed by atoms with E-state index in [1.807, 2.05) is 11.0 Å². The molecule has 1 saturated heterocycles. The lowest BCUT2D eigenvalue weighted by Gasteiger charge is -2.26. The van der Waals surface area contributed by atoms with E-state index in [2.05, 4.69) is 45.0 Å². The topological polar surface area (TPSA) is 29.5 Å². The summed E-state index contributed by atoms with van der Waals surface area (Å²) >= 11 is 7.89. The molecule has 0 saturated carbocycles. The standard InChI is InChI=1S/C20H22ClNO2S/c1-20(2,3)14-7-5-13(6-8-14)19-22(18(23)12-25-19)15-9-10-17(24-4)16(21)11-15/h5-11,19H,12H2,1-4H3. The summed E-state index contributed by atoms with van der Waals surface area (Å²) in [6.07, 6.45) is 0. The second-order valence-corrected chi connectivity index (χ2v) is 8.59. The van der Waals surface area contributed by atoms with Gasteiger partial charge >= 0.3 is 0 Å². The van der Waals surface area contributed by atoms with Gasteiger partial charge in [-0.1, -0.05) is 56.6 Å². The molecule has 0 aliphatic carbocycles. The third-order valence-electron chi connectivity index (χ3n) is 4.34. The molecule has 5 heteroatoms. The molecule has 1 unspecified atom stereocenters. The molecule has 0 aromatic heterocycles. The van der Waals surface area contributed by atoms with Crippen LogP contribution < -0.4 is 9.64 Å². The Bertz CT molecular complexity index is 783. The highest BCUT2D eigenvalue weighted by Gasteiger charge is 2.34. The van der Waals surface area contributed by atoms with E-state index in [1.165, 1.54) is 5.56 Å². The van der Waals surface area contributed by atoms with Gasteiger partial charge in [-0.3, -0.25) is 9.69 Å². The van der Waals surface area contributed by atoms with Gasteiger partial charge in [0, 0.05) is 5.69 Å². The van der Waals surface area contributed by atoms with Gasteiger partial charge < -0.3 is 4.74 Å². The van der Waals surface area contributed by atoms with Crippen LogP contribution in [0.4, 0.5) is 5.69 Å². The van der Waals surface area contributed by atoms with Crippen LogP contribution in [0.1, 0.15) is 37.3 Å². The molecule has 132 valence electrons. The lowest BCUT2D eigenvalue weighted by molar-refractivity contribution is -0.115. The van der Waals surface area contributed by atoms with Gasteiger partial charge in [0.15, 0.2) is 0 Å². The predicted octanol–water partition coefficient (Wildman–Crippen LogP) is 5.42. The van der Waals surface area contributed by atoms with Gasteiger partial charge in [-0.2, -0.15) is 0 Å². The number of carbonyl (C=O) groups is 1. The Morgan fingerprint density at radius 3 is 2.40 bits per heavy atom. The monoisotopic (exact) mass is 375 g/mol. The minimum atomic E-state index is -0.0361. The molecule has 1 atom stereocenters. The van der Waals surface area contributed by atoms with Gasteiger partial charge in [-0.05, 0) is 34.7 Å². The van der Waals surface area contributed by atoms with Crippen LogP contribution in [0.15, 0.2) is 42.5 Å². The van der Waals surface area contributed by atoms with Gasteiger partial charge in [-0.25, -0.2) is 0 Å². The first-order valence-corrected chi connectivity index (χ1v) is 9.61. The zero-order valence-corrected chi connectivity index (χ0v) is 16.4. The number of nitrogens with zero attached hydrogens (tertiary/aromatic N) is 1. The number of anilines is 1.